The molecule has 2 fully saturated rings. The molecular formula is C25H26Br2N2O4. The van der Waals surface area contributed by atoms with E-state index in [2.05, 4.69) is 37.2 Å². The van der Waals surface area contributed by atoms with Gasteiger partial charge in [-0.2, -0.15) is 0 Å². The van der Waals surface area contributed by atoms with E-state index in [4.69, 9.17) is 9.47 Å². The Balaban J connectivity index is 1.55. The molecule has 1 saturated heterocycles. The van der Waals surface area contributed by atoms with Crippen LogP contribution in [-0.2, 0) is 11.4 Å². The Labute approximate surface area is 210 Å². The third-order valence-electron chi connectivity index (χ3n) is 5.79. The number of carbonyl (C=O) groups is 2. The molecule has 0 bridgehead atoms. The third-order valence-corrected chi connectivity index (χ3v) is 6.91. The molecule has 1 aliphatic carbocycles. The van der Waals surface area contributed by atoms with Crippen molar-refractivity contribution in [2.45, 2.75) is 51.7 Å². The molecule has 2 aromatic rings. The number of hydrogen-bond acceptors (Lipinski definition) is 4. The van der Waals surface area contributed by atoms with Crippen molar-refractivity contribution in [3.63, 3.8) is 0 Å². The fourth-order valence-electron chi connectivity index (χ4n) is 4.20. The second kappa shape index (κ2) is 10.7. The predicted molar refractivity (Wildman–Crippen MR) is 134 cm³/mol. The Bertz CT molecular complexity index is 1060. The van der Waals surface area contributed by atoms with Gasteiger partial charge >= 0.3 is 6.03 Å². The first-order valence-corrected chi connectivity index (χ1v) is 12.7. The first-order chi connectivity index (χ1) is 16.0. The zero-order valence-electron chi connectivity index (χ0n) is 18.4. The zero-order valence-corrected chi connectivity index (χ0v) is 21.6. The van der Waals surface area contributed by atoms with Gasteiger partial charge in [-0.1, -0.05) is 47.3 Å². The molecule has 2 aliphatic rings. The highest BCUT2D eigenvalue weighted by molar-refractivity contribution is 9.10. The van der Waals surface area contributed by atoms with Gasteiger partial charge in [0.25, 0.3) is 5.91 Å². The summed E-state index contributed by atoms with van der Waals surface area (Å²) in [6.07, 6.45) is 6.69. The molecule has 3 amide bonds. The lowest BCUT2D eigenvalue weighted by molar-refractivity contribution is -0.124. The summed E-state index contributed by atoms with van der Waals surface area (Å²) in [5, 5.41) is 2.74. The normalized spacial score (nSPS) is 18.0. The molecular weight excluding hydrogens is 552 g/mol. The van der Waals surface area contributed by atoms with E-state index in [1.165, 1.54) is 4.90 Å². The number of nitrogens with one attached hydrogen (secondary N) is 1. The standard InChI is InChI=1S/C25H26Br2N2O4/c1-2-32-22-14-17(12-20(27)23(22)33-15-16-8-10-18(26)11-9-16)13-21-24(30)29(25(31)28-21)19-6-4-3-5-7-19/h8-14,19H,2-7,15H2,1H3,(H,28,31)/b21-13-. The van der Waals surface area contributed by atoms with E-state index in [0.717, 1.165) is 47.7 Å². The molecule has 0 atom stereocenters. The average molecular weight is 578 g/mol. The van der Waals surface area contributed by atoms with Crippen LogP contribution >= 0.6 is 31.9 Å². The molecule has 8 heteroatoms. The number of urea groups is 1. The Morgan fingerprint density at radius 3 is 2.48 bits per heavy atom. The van der Waals surface area contributed by atoms with Crippen molar-refractivity contribution in [2.24, 2.45) is 0 Å². The summed E-state index contributed by atoms with van der Waals surface area (Å²) >= 11 is 7.02. The van der Waals surface area contributed by atoms with Gasteiger partial charge < -0.3 is 14.8 Å². The minimum absolute atomic E-state index is 0.0164. The van der Waals surface area contributed by atoms with Crippen molar-refractivity contribution >= 4 is 49.9 Å². The highest BCUT2D eigenvalue weighted by Gasteiger charge is 2.39. The number of ether oxygens (including phenoxy) is 2. The van der Waals surface area contributed by atoms with Crippen LogP contribution in [-0.4, -0.2) is 29.5 Å². The van der Waals surface area contributed by atoms with Crippen LogP contribution in [0.3, 0.4) is 0 Å². The first-order valence-electron chi connectivity index (χ1n) is 11.2. The van der Waals surface area contributed by atoms with Crippen LogP contribution in [0.4, 0.5) is 4.79 Å². The van der Waals surface area contributed by atoms with Crippen LogP contribution in [0.1, 0.15) is 50.2 Å². The van der Waals surface area contributed by atoms with E-state index in [0.29, 0.717) is 29.2 Å². The van der Waals surface area contributed by atoms with Crippen molar-refractivity contribution in [1.82, 2.24) is 10.2 Å². The van der Waals surface area contributed by atoms with Crippen LogP contribution in [0.25, 0.3) is 6.08 Å². The number of rotatable bonds is 7. The van der Waals surface area contributed by atoms with E-state index >= 15 is 0 Å². The van der Waals surface area contributed by atoms with Crippen LogP contribution in [0, 0.1) is 0 Å². The summed E-state index contributed by atoms with van der Waals surface area (Å²) < 4.78 is 13.6. The lowest BCUT2D eigenvalue weighted by Gasteiger charge is -2.28. The van der Waals surface area contributed by atoms with Gasteiger partial charge in [0.05, 0.1) is 11.1 Å². The van der Waals surface area contributed by atoms with E-state index < -0.39 is 0 Å². The fraction of sp³-hybridized carbons (Fsp3) is 0.360. The summed E-state index contributed by atoms with van der Waals surface area (Å²) in [5.74, 6) is 0.890. The monoisotopic (exact) mass is 576 g/mol. The Hall–Kier alpha value is -2.32. The SMILES string of the molecule is CCOc1cc(/C=C2\NC(=O)N(C3CCCCC3)C2=O)cc(Br)c1OCc1ccc(Br)cc1. The lowest BCUT2D eigenvalue weighted by Crippen LogP contribution is -2.41. The van der Waals surface area contributed by atoms with Crippen LogP contribution in [0.15, 0.2) is 51.0 Å². The highest BCUT2D eigenvalue weighted by Crippen LogP contribution is 2.38. The Morgan fingerprint density at radius 1 is 1.06 bits per heavy atom. The second-order valence-corrected chi connectivity index (χ2v) is 9.90. The number of halogens is 2. The molecule has 2 aromatic carbocycles. The number of benzene rings is 2. The molecule has 4 rings (SSSR count). The van der Waals surface area contributed by atoms with Crippen molar-refractivity contribution in [2.75, 3.05) is 6.61 Å². The van der Waals surface area contributed by atoms with E-state index in [1.807, 2.05) is 43.3 Å². The molecule has 6 nitrogen and oxygen atoms in total. The lowest BCUT2D eigenvalue weighted by atomic mass is 9.94. The summed E-state index contributed by atoms with van der Waals surface area (Å²) in [6, 6.07) is 11.2. The summed E-state index contributed by atoms with van der Waals surface area (Å²) in [4.78, 5) is 26.9. The van der Waals surface area contributed by atoms with Gasteiger partial charge in [-0.3, -0.25) is 9.69 Å². The van der Waals surface area contributed by atoms with Gasteiger partial charge in [0.15, 0.2) is 11.5 Å². The number of nitrogens with zero attached hydrogens (tertiary/aromatic N) is 1. The quantitative estimate of drug-likeness (QED) is 0.305. The summed E-state index contributed by atoms with van der Waals surface area (Å²) in [6.45, 7) is 2.75. The molecule has 0 unspecified atom stereocenters. The number of imide groups is 1. The highest BCUT2D eigenvalue weighted by atomic mass is 79.9. The van der Waals surface area contributed by atoms with Gasteiger partial charge in [0.1, 0.15) is 12.3 Å². The summed E-state index contributed by atoms with van der Waals surface area (Å²) in [5.41, 5.74) is 2.04. The van der Waals surface area contributed by atoms with Crippen LogP contribution in [0.2, 0.25) is 0 Å². The second-order valence-electron chi connectivity index (χ2n) is 8.13. The molecule has 0 radical (unpaired) electrons. The van der Waals surface area contributed by atoms with Gasteiger partial charge in [0.2, 0.25) is 0 Å². The van der Waals surface area contributed by atoms with Gasteiger partial charge in [0, 0.05) is 10.5 Å². The first kappa shape index (κ1) is 23.8. The molecule has 174 valence electrons. The molecule has 0 spiro atoms. The van der Waals surface area contributed by atoms with Crippen LogP contribution in [0.5, 0.6) is 11.5 Å². The molecule has 1 aliphatic heterocycles. The zero-order chi connectivity index (χ0) is 23.4. The minimum Gasteiger partial charge on any atom is -0.490 e. The van der Waals surface area contributed by atoms with Gasteiger partial charge in [-0.25, -0.2) is 4.79 Å². The van der Waals surface area contributed by atoms with Gasteiger partial charge in [-0.15, -0.1) is 0 Å². The van der Waals surface area contributed by atoms with E-state index in [9.17, 15) is 9.59 Å². The van der Waals surface area contributed by atoms with Crippen LogP contribution < -0.4 is 14.8 Å². The maximum absolute atomic E-state index is 13.0. The maximum atomic E-state index is 13.0. The van der Waals surface area contributed by atoms with Crippen molar-refractivity contribution in [3.05, 3.63) is 62.2 Å². The smallest absolute Gasteiger partial charge is 0.329 e. The molecule has 1 saturated carbocycles. The Morgan fingerprint density at radius 2 is 1.79 bits per heavy atom. The molecule has 0 aromatic heterocycles. The fourth-order valence-corrected chi connectivity index (χ4v) is 5.04. The molecule has 33 heavy (non-hydrogen) atoms. The van der Waals surface area contributed by atoms with E-state index in [-0.39, 0.29) is 23.7 Å². The number of hydrogen-bond donors (Lipinski definition) is 1. The largest absolute Gasteiger partial charge is 0.490 e. The minimum atomic E-state index is -0.336. The number of amides is 3. The number of carbonyl (C=O) groups excluding carboxylic acids is 2. The van der Waals surface area contributed by atoms with Crippen molar-refractivity contribution in [1.29, 1.82) is 0 Å². The molecule has 1 heterocycles. The molecule has 1 N–H and O–H groups in total. The van der Waals surface area contributed by atoms with E-state index in [1.54, 1.807) is 6.08 Å². The maximum Gasteiger partial charge on any atom is 0.329 e. The van der Waals surface area contributed by atoms with Gasteiger partial charge in [-0.05, 0) is 77.2 Å². The average Bonchev–Trinajstić information content (AvgIpc) is 3.08. The predicted octanol–water partition coefficient (Wildman–Crippen LogP) is 6.41. The third kappa shape index (κ3) is 5.61. The van der Waals surface area contributed by atoms with Crippen molar-refractivity contribution < 1.29 is 19.1 Å². The topological polar surface area (TPSA) is 67.9 Å². The van der Waals surface area contributed by atoms with Crippen molar-refractivity contribution in [3.8, 4) is 11.5 Å². The summed E-state index contributed by atoms with van der Waals surface area (Å²) in [7, 11) is 0. The Kier molecular flexibility index (Phi) is 7.75.